The van der Waals surface area contributed by atoms with Gasteiger partial charge in [-0.25, -0.2) is 15.0 Å². The van der Waals surface area contributed by atoms with E-state index < -0.39 is 42.3 Å². The van der Waals surface area contributed by atoms with Gasteiger partial charge in [-0.1, -0.05) is 158 Å². The van der Waals surface area contributed by atoms with Crippen LogP contribution in [0.2, 0.25) is 0 Å². The molecule has 0 aliphatic rings. The third-order valence-corrected chi connectivity index (χ3v) is 8.60. The summed E-state index contributed by atoms with van der Waals surface area (Å²) in [6, 6.07) is 41.2. The molecule has 0 saturated carbocycles. The number of rotatable bonds is 5. The number of nitrogens with zero attached hydrogens (tertiary/aromatic N) is 3. The Kier molecular flexibility index (Phi) is 5.22. The predicted molar refractivity (Wildman–Crippen MR) is 200 cm³/mol. The van der Waals surface area contributed by atoms with Crippen molar-refractivity contribution in [2.24, 2.45) is 0 Å². The third kappa shape index (κ3) is 5.08. The highest BCUT2D eigenvalue weighted by atomic mass is 15.0. The number of benzene rings is 8. The molecule has 3 heteroatoms. The Bertz CT molecular complexity index is 3010. The average molecular weight is 619 g/mol. The molecular weight excluding hydrogens is 583 g/mol. The summed E-state index contributed by atoms with van der Waals surface area (Å²) in [4.78, 5) is 14.7. The Hall–Kier alpha value is -6.45. The van der Waals surface area contributed by atoms with Crippen molar-refractivity contribution in [3.63, 3.8) is 0 Å². The molecule has 0 radical (unpaired) electrons. The monoisotopic (exact) mass is 618 g/mol. The quantitative estimate of drug-likeness (QED) is 0.193. The molecule has 0 fully saturated rings. The van der Waals surface area contributed by atoms with Crippen LogP contribution in [0.25, 0.3) is 88.7 Å². The highest BCUT2D eigenvalue weighted by molar-refractivity contribution is 5.98. The van der Waals surface area contributed by atoms with Gasteiger partial charge >= 0.3 is 0 Å². The van der Waals surface area contributed by atoms with Crippen LogP contribution >= 0.6 is 0 Å². The number of hydrogen-bond acceptors (Lipinski definition) is 3. The zero-order valence-electron chi connectivity index (χ0n) is 32.5. The number of fused-ring (bicyclic) bond motifs is 3. The van der Waals surface area contributed by atoms with Crippen LogP contribution in [0, 0.1) is 0 Å². The molecule has 3 nitrogen and oxygen atoms in total. The summed E-state index contributed by atoms with van der Waals surface area (Å²) in [6.45, 7) is 0. The van der Waals surface area contributed by atoms with Crippen LogP contribution < -0.4 is 0 Å². The molecule has 0 bridgehead atoms. The van der Waals surface area contributed by atoms with Gasteiger partial charge < -0.3 is 0 Å². The van der Waals surface area contributed by atoms with Crippen LogP contribution in [0.5, 0.6) is 0 Å². The topological polar surface area (TPSA) is 38.7 Å². The van der Waals surface area contributed by atoms with Crippen molar-refractivity contribution in [1.29, 1.82) is 0 Å². The maximum absolute atomic E-state index is 9.04. The van der Waals surface area contributed by atoms with Crippen LogP contribution in [0.1, 0.15) is 9.60 Å². The van der Waals surface area contributed by atoms with E-state index in [-0.39, 0.29) is 33.8 Å². The largest absolute Gasteiger partial charge is 0.208 e. The molecular formula is C45H29N3. The number of aromatic nitrogens is 3. The number of hydrogen-bond donors (Lipinski definition) is 0. The van der Waals surface area contributed by atoms with E-state index in [2.05, 4.69) is 48.5 Å². The molecule has 48 heavy (non-hydrogen) atoms. The second kappa shape index (κ2) is 11.7. The predicted octanol–water partition coefficient (Wildman–Crippen LogP) is 11.7. The van der Waals surface area contributed by atoms with Gasteiger partial charge in [0.15, 0.2) is 17.5 Å². The second-order valence-electron chi connectivity index (χ2n) is 11.6. The Balaban J connectivity index is 1.25. The van der Waals surface area contributed by atoms with Gasteiger partial charge in [0.25, 0.3) is 0 Å². The highest BCUT2D eigenvalue weighted by Gasteiger charge is 2.16. The molecule has 0 spiro atoms. The van der Waals surface area contributed by atoms with Gasteiger partial charge in [0.05, 0.1) is 9.60 Å². The van der Waals surface area contributed by atoms with E-state index in [4.69, 9.17) is 24.5 Å². The van der Waals surface area contributed by atoms with Crippen molar-refractivity contribution >= 4 is 32.3 Å². The van der Waals surface area contributed by atoms with Crippen LogP contribution in [-0.4, -0.2) is 15.0 Å². The third-order valence-electron chi connectivity index (χ3n) is 8.60. The molecule has 1 heterocycles. The molecule has 0 aliphatic carbocycles. The first kappa shape index (κ1) is 21.4. The Labute approximate surface area is 288 Å². The van der Waals surface area contributed by atoms with Crippen LogP contribution in [-0.2, 0) is 0 Å². The van der Waals surface area contributed by atoms with Crippen LogP contribution in [0.3, 0.4) is 0 Å². The van der Waals surface area contributed by atoms with Gasteiger partial charge in [-0.2, -0.15) is 0 Å². The molecule has 0 amide bonds. The van der Waals surface area contributed by atoms with E-state index in [0.29, 0.717) is 11.1 Å². The van der Waals surface area contributed by atoms with Gasteiger partial charge in [0.1, 0.15) is 0 Å². The second-order valence-corrected chi connectivity index (χ2v) is 11.6. The minimum absolute atomic E-state index is 0.0354. The summed E-state index contributed by atoms with van der Waals surface area (Å²) in [5, 5.41) is 3.81. The smallest absolute Gasteiger partial charge is 0.164 e. The van der Waals surface area contributed by atoms with E-state index in [1.54, 1.807) is 0 Å². The summed E-state index contributed by atoms with van der Waals surface area (Å²) in [7, 11) is 0. The summed E-state index contributed by atoms with van der Waals surface area (Å²) >= 11 is 0. The van der Waals surface area contributed by atoms with E-state index in [1.807, 2.05) is 84.9 Å². The van der Waals surface area contributed by atoms with E-state index in [9.17, 15) is 0 Å². The fourth-order valence-electron chi connectivity index (χ4n) is 6.21. The maximum Gasteiger partial charge on any atom is 0.164 e. The molecule has 0 aliphatic heterocycles. The first-order valence-electron chi connectivity index (χ1n) is 19.1. The zero-order valence-corrected chi connectivity index (χ0v) is 25.5. The zero-order chi connectivity index (χ0) is 38.0. The highest BCUT2D eigenvalue weighted by Crippen LogP contribution is 2.34. The van der Waals surface area contributed by atoms with Crippen molar-refractivity contribution in [3.8, 4) is 56.4 Å². The van der Waals surface area contributed by atoms with Crippen molar-refractivity contribution in [2.75, 3.05) is 0 Å². The lowest BCUT2D eigenvalue weighted by Gasteiger charge is -2.12. The van der Waals surface area contributed by atoms with Crippen molar-refractivity contribution in [3.05, 3.63) is 176 Å². The van der Waals surface area contributed by atoms with Crippen molar-refractivity contribution < 1.29 is 9.60 Å². The summed E-state index contributed by atoms with van der Waals surface area (Å²) in [6.07, 6.45) is 0. The molecule has 0 atom stereocenters. The Morgan fingerprint density at radius 1 is 0.333 bits per heavy atom. The van der Waals surface area contributed by atoms with Crippen LogP contribution in [0.4, 0.5) is 0 Å². The van der Waals surface area contributed by atoms with E-state index in [0.717, 1.165) is 43.8 Å². The molecule has 224 valence electrons. The summed E-state index contributed by atoms with van der Waals surface area (Å²) in [5.74, 6) is 0.529. The van der Waals surface area contributed by atoms with Crippen molar-refractivity contribution in [2.45, 2.75) is 0 Å². The molecule has 0 saturated heterocycles. The average Bonchev–Trinajstić information content (AvgIpc) is 3.23. The molecule has 8 aromatic carbocycles. The lowest BCUT2D eigenvalue weighted by molar-refractivity contribution is 1.08. The molecule has 0 unspecified atom stereocenters. The lowest BCUT2D eigenvalue weighted by Crippen LogP contribution is -2.01. The van der Waals surface area contributed by atoms with Gasteiger partial charge in [-0.05, 0) is 72.8 Å². The molecule has 9 aromatic rings. The molecule has 9 rings (SSSR count). The van der Waals surface area contributed by atoms with Crippen LogP contribution in [0.15, 0.2) is 176 Å². The first-order valence-corrected chi connectivity index (χ1v) is 15.6. The molecule has 1 aromatic heterocycles. The SMILES string of the molecule is [2H]c1c([2H])c([2H])c2c(-c3nc(-c4cccc(-c5ccc6cc(-c7ccccc7)ccc6c5)c4)nc(-c4cccc5ccccc45)n3)c([2H])c([2H])c([2H])c2c1[2H]. The maximum atomic E-state index is 9.04. The Morgan fingerprint density at radius 2 is 0.938 bits per heavy atom. The van der Waals surface area contributed by atoms with Gasteiger partial charge in [-0.15, -0.1) is 0 Å². The van der Waals surface area contributed by atoms with E-state index >= 15 is 0 Å². The Morgan fingerprint density at radius 3 is 1.79 bits per heavy atom. The van der Waals surface area contributed by atoms with E-state index in [1.165, 1.54) is 0 Å². The fraction of sp³-hybridized carbons (Fsp3) is 0. The lowest BCUT2D eigenvalue weighted by atomic mass is 9.97. The molecule has 0 N–H and O–H groups in total. The van der Waals surface area contributed by atoms with Gasteiger partial charge in [-0.3, -0.25) is 0 Å². The minimum atomic E-state index is -0.524. The van der Waals surface area contributed by atoms with Gasteiger partial charge in [0, 0.05) is 16.7 Å². The van der Waals surface area contributed by atoms with Gasteiger partial charge in [0.2, 0.25) is 0 Å². The fourth-order valence-corrected chi connectivity index (χ4v) is 6.21. The minimum Gasteiger partial charge on any atom is -0.208 e. The normalized spacial score (nSPS) is 13.4. The standard InChI is InChI=1S/C45H29N3/c1-2-11-30(12-3-1)34-23-24-37-28-35(25-26-36(37)27-34)33-17-8-18-38(29-33)43-46-44(41-21-9-15-31-13-4-6-19-39(31)41)48-45(47-43)42-22-10-16-32-14-5-7-20-40(32)42/h1-29H/i4D,6D,9D,13D,15D,19D,21D. The van der Waals surface area contributed by atoms with Crippen molar-refractivity contribution in [1.82, 2.24) is 15.0 Å². The summed E-state index contributed by atoms with van der Waals surface area (Å²) in [5.41, 5.74) is 5.51. The first-order chi connectivity index (χ1) is 26.7. The summed E-state index contributed by atoms with van der Waals surface area (Å²) < 4.78 is 60.6.